The van der Waals surface area contributed by atoms with Crippen molar-refractivity contribution in [2.24, 2.45) is 0 Å². The number of halogens is 2. The van der Waals surface area contributed by atoms with Crippen molar-refractivity contribution >= 4 is 39.2 Å². The van der Waals surface area contributed by atoms with E-state index in [0.717, 1.165) is 30.0 Å². The molecule has 1 saturated carbocycles. The molecule has 2 N–H and O–H groups in total. The summed E-state index contributed by atoms with van der Waals surface area (Å²) >= 11 is 3.29. The van der Waals surface area contributed by atoms with Crippen LogP contribution in [0.3, 0.4) is 0 Å². The first-order chi connectivity index (χ1) is 13.9. The number of benzene rings is 2. The third-order valence-corrected chi connectivity index (χ3v) is 5.19. The van der Waals surface area contributed by atoms with Crippen molar-refractivity contribution in [1.82, 2.24) is 5.43 Å². The summed E-state index contributed by atoms with van der Waals surface area (Å²) in [6.45, 7) is 0. The Kier molecular flexibility index (Phi) is 6.76. The Hall–Kier alpha value is -2.58. The second-order valence-corrected chi connectivity index (χ2v) is 7.69. The highest BCUT2D eigenvalue weighted by Gasteiger charge is 2.31. The Morgan fingerprint density at radius 3 is 2.48 bits per heavy atom. The Morgan fingerprint density at radius 2 is 1.86 bits per heavy atom. The van der Waals surface area contributed by atoms with Gasteiger partial charge in [0.15, 0.2) is 11.6 Å². The molecular weight excluding hydrogens is 443 g/mol. The molecule has 0 saturated heterocycles. The zero-order valence-electron chi connectivity index (χ0n) is 15.7. The van der Waals surface area contributed by atoms with E-state index in [1.54, 1.807) is 30.3 Å². The number of Topliss-reactive ketones (excluding diaryl/α,β-unsaturated/α-hetero) is 2. The summed E-state index contributed by atoms with van der Waals surface area (Å²) in [7, 11) is 1.16. The predicted molar refractivity (Wildman–Crippen MR) is 109 cm³/mol. The third kappa shape index (κ3) is 5.27. The lowest BCUT2D eigenvalue weighted by atomic mass is 9.99. The van der Waals surface area contributed by atoms with Gasteiger partial charge in [-0.2, -0.15) is 0 Å². The topological polar surface area (TPSA) is 84.5 Å². The highest BCUT2D eigenvalue weighted by atomic mass is 79.9. The molecule has 3 rings (SSSR count). The Morgan fingerprint density at radius 1 is 1.17 bits per heavy atom. The maximum atomic E-state index is 14.4. The molecule has 0 radical (unpaired) electrons. The summed E-state index contributed by atoms with van der Waals surface area (Å²) in [5.74, 6) is -2.21. The minimum atomic E-state index is -1.39. The van der Waals surface area contributed by atoms with Gasteiger partial charge in [-0.3, -0.25) is 14.4 Å². The highest BCUT2D eigenvalue weighted by molar-refractivity contribution is 9.10. The van der Waals surface area contributed by atoms with Gasteiger partial charge in [0.05, 0.1) is 12.8 Å². The zero-order chi connectivity index (χ0) is 21.0. The van der Waals surface area contributed by atoms with E-state index in [-0.39, 0.29) is 17.2 Å². The fourth-order valence-electron chi connectivity index (χ4n) is 2.94. The van der Waals surface area contributed by atoms with Crippen molar-refractivity contribution in [2.75, 3.05) is 12.5 Å². The van der Waals surface area contributed by atoms with E-state index in [0.29, 0.717) is 0 Å². The standard InChI is InChI=1S/C21H20BrFN2O4/c1-29-18(27)11-17(26)20(21(28)13-7-9-14(22)10-8-13)25-24-19-15(12-5-6-12)3-2-4-16(19)23/h2-4,7-10,12,20,24-25H,5-6,11H2,1H3. The molecule has 29 heavy (non-hydrogen) atoms. The van der Waals surface area contributed by atoms with Crippen LogP contribution in [-0.4, -0.2) is 30.7 Å². The Balaban J connectivity index is 1.83. The van der Waals surface area contributed by atoms with Crippen LogP contribution in [0.4, 0.5) is 10.1 Å². The lowest BCUT2D eigenvalue weighted by Crippen LogP contribution is -2.47. The van der Waals surface area contributed by atoms with Crippen LogP contribution in [0.25, 0.3) is 0 Å². The highest BCUT2D eigenvalue weighted by Crippen LogP contribution is 2.43. The average molecular weight is 463 g/mol. The third-order valence-electron chi connectivity index (χ3n) is 4.66. The maximum Gasteiger partial charge on any atom is 0.313 e. The van der Waals surface area contributed by atoms with Crippen LogP contribution >= 0.6 is 15.9 Å². The Labute approximate surface area is 175 Å². The smallest absolute Gasteiger partial charge is 0.313 e. The number of carbonyl (C=O) groups excluding carboxylic acids is 3. The van der Waals surface area contributed by atoms with E-state index in [9.17, 15) is 18.8 Å². The molecule has 0 bridgehead atoms. The molecule has 1 atom stereocenters. The molecule has 0 spiro atoms. The van der Waals surface area contributed by atoms with Gasteiger partial charge in [-0.05, 0) is 42.5 Å². The zero-order valence-corrected chi connectivity index (χ0v) is 17.3. The molecule has 0 aliphatic heterocycles. The Bertz CT molecular complexity index is 929. The van der Waals surface area contributed by atoms with Crippen molar-refractivity contribution in [2.45, 2.75) is 31.2 Å². The van der Waals surface area contributed by atoms with Crippen molar-refractivity contribution < 1.29 is 23.5 Å². The predicted octanol–water partition coefficient (Wildman–Crippen LogP) is 3.77. The molecule has 1 aliphatic rings. The van der Waals surface area contributed by atoms with Gasteiger partial charge in [-0.25, -0.2) is 9.82 Å². The fraction of sp³-hybridized carbons (Fsp3) is 0.286. The first-order valence-corrected chi connectivity index (χ1v) is 9.89. The minimum Gasteiger partial charge on any atom is -0.469 e. The van der Waals surface area contributed by atoms with E-state index in [2.05, 4.69) is 31.5 Å². The van der Waals surface area contributed by atoms with Gasteiger partial charge >= 0.3 is 5.97 Å². The number of esters is 1. The number of ether oxygens (including phenoxy) is 1. The number of rotatable bonds is 9. The number of hydrazine groups is 1. The lowest BCUT2D eigenvalue weighted by molar-refractivity contribution is -0.143. The number of hydrogen-bond donors (Lipinski definition) is 2. The van der Waals surface area contributed by atoms with Crippen LogP contribution in [0, 0.1) is 5.82 Å². The second kappa shape index (κ2) is 9.28. The number of nitrogens with one attached hydrogen (secondary N) is 2. The SMILES string of the molecule is COC(=O)CC(=O)C(NNc1c(F)cccc1C1CC1)C(=O)c1ccc(Br)cc1. The average Bonchev–Trinajstić information content (AvgIpc) is 3.54. The van der Waals surface area contributed by atoms with Crippen molar-refractivity contribution in [3.63, 3.8) is 0 Å². The summed E-state index contributed by atoms with van der Waals surface area (Å²) in [5.41, 5.74) is 6.61. The van der Waals surface area contributed by atoms with Gasteiger partial charge in [0.1, 0.15) is 18.3 Å². The van der Waals surface area contributed by atoms with Crippen molar-refractivity contribution in [3.8, 4) is 0 Å². The summed E-state index contributed by atoms with van der Waals surface area (Å²) in [6, 6.07) is 9.82. The van der Waals surface area contributed by atoms with Crippen LogP contribution in [0.2, 0.25) is 0 Å². The largest absolute Gasteiger partial charge is 0.469 e. The normalized spacial score (nSPS) is 14.2. The van der Waals surface area contributed by atoms with Crippen LogP contribution in [0.1, 0.15) is 41.1 Å². The first kappa shape index (κ1) is 21.1. The molecule has 152 valence electrons. The molecule has 0 heterocycles. The molecule has 2 aromatic rings. The van der Waals surface area contributed by atoms with Crippen LogP contribution in [0.15, 0.2) is 46.9 Å². The number of hydrogen-bond acceptors (Lipinski definition) is 6. The molecule has 0 aromatic heterocycles. The van der Waals surface area contributed by atoms with E-state index >= 15 is 0 Å². The molecule has 0 amide bonds. The number of para-hydroxylation sites is 1. The quantitative estimate of drug-likeness (QED) is 0.255. The summed E-state index contributed by atoms with van der Waals surface area (Å²) in [6.07, 6.45) is 1.34. The van der Waals surface area contributed by atoms with Gasteiger partial charge in [0, 0.05) is 10.0 Å². The molecule has 1 unspecified atom stereocenters. The van der Waals surface area contributed by atoms with Gasteiger partial charge in [-0.15, -0.1) is 0 Å². The number of anilines is 1. The summed E-state index contributed by atoms with van der Waals surface area (Å²) in [5, 5.41) is 0. The van der Waals surface area contributed by atoms with E-state index < -0.39 is 35.8 Å². The maximum absolute atomic E-state index is 14.4. The molecule has 2 aromatic carbocycles. The molecule has 1 aliphatic carbocycles. The fourth-order valence-corrected chi connectivity index (χ4v) is 3.21. The summed E-state index contributed by atoms with van der Waals surface area (Å²) < 4.78 is 19.7. The van der Waals surface area contributed by atoms with Gasteiger partial charge in [0.2, 0.25) is 0 Å². The molecule has 8 heteroatoms. The van der Waals surface area contributed by atoms with Crippen LogP contribution < -0.4 is 10.9 Å². The van der Waals surface area contributed by atoms with Gasteiger partial charge in [0.25, 0.3) is 0 Å². The van der Waals surface area contributed by atoms with E-state index in [4.69, 9.17) is 0 Å². The minimum absolute atomic E-state index is 0.203. The number of ketones is 2. The second-order valence-electron chi connectivity index (χ2n) is 6.77. The van der Waals surface area contributed by atoms with Crippen LogP contribution in [0.5, 0.6) is 0 Å². The molecule has 1 fully saturated rings. The monoisotopic (exact) mass is 462 g/mol. The number of methoxy groups -OCH3 is 1. The summed E-state index contributed by atoms with van der Waals surface area (Å²) in [4.78, 5) is 37.1. The molecule has 6 nitrogen and oxygen atoms in total. The molecular formula is C21H20BrFN2O4. The van der Waals surface area contributed by atoms with Gasteiger partial charge < -0.3 is 10.2 Å². The van der Waals surface area contributed by atoms with Crippen molar-refractivity contribution in [3.05, 3.63) is 63.9 Å². The lowest BCUT2D eigenvalue weighted by Gasteiger charge is -2.20. The van der Waals surface area contributed by atoms with Gasteiger partial charge in [-0.1, -0.05) is 40.2 Å². The van der Waals surface area contributed by atoms with Crippen LogP contribution in [-0.2, 0) is 14.3 Å². The van der Waals surface area contributed by atoms with E-state index in [1.165, 1.54) is 6.07 Å². The first-order valence-electron chi connectivity index (χ1n) is 9.10. The number of carbonyl (C=O) groups is 3. The van der Waals surface area contributed by atoms with Crippen molar-refractivity contribution in [1.29, 1.82) is 0 Å². The van der Waals surface area contributed by atoms with E-state index in [1.807, 2.05) is 6.07 Å².